The largest absolute Gasteiger partial charge is 0.491 e. The van der Waals surface area contributed by atoms with E-state index >= 15 is 0 Å². The van der Waals surface area contributed by atoms with Gasteiger partial charge in [0.2, 0.25) is 0 Å². The summed E-state index contributed by atoms with van der Waals surface area (Å²) >= 11 is 0. The van der Waals surface area contributed by atoms with E-state index in [1.165, 1.54) is 5.56 Å². The second-order valence-corrected chi connectivity index (χ2v) is 5.80. The summed E-state index contributed by atoms with van der Waals surface area (Å²) in [5.74, 6) is 0.921. The highest BCUT2D eigenvalue weighted by Gasteiger charge is 2.40. The minimum atomic E-state index is -0.0390. The third-order valence-corrected chi connectivity index (χ3v) is 2.90. The number of hydrogen-bond donors (Lipinski definition) is 0. The van der Waals surface area contributed by atoms with Crippen molar-refractivity contribution in [1.29, 1.82) is 0 Å². The van der Waals surface area contributed by atoms with Crippen LogP contribution in [0.5, 0.6) is 5.75 Å². The van der Waals surface area contributed by atoms with E-state index in [1.807, 2.05) is 12.1 Å². The molecule has 1 aliphatic rings. The molecule has 2 nitrogen and oxygen atoms in total. The fraction of sp³-hybridized carbons (Fsp3) is 0.571. The smallest absolute Gasteiger partial charge is 0.123 e. The first-order valence-corrected chi connectivity index (χ1v) is 5.76. The van der Waals surface area contributed by atoms with E-state index in [4.69, 9.17) is 9.47 Å². The molecule has 0 spiro atoms. The second-order valence-electron chi connectivity index (χ2n) is 5.80. The number of epoxide rings is 1. The Hall–Kier alpha value is -1.02. The highest BCUT2D eigenvalue weighted by molar-refractivity contribution is 5.31. The molecule has 88 valence electrons. The van der Waals surface area contributed by atoms with Crippen LogP contribution >= 0.6 is 0 Å². The molecule has 0 bridgehead atoms. The molecule has 0 aliphatic carbocycles. The van der Waals surface area contributed by atoms with Crippen LogP contribution in [0.4, 0.5) is 0 Å². The highest BCUT2D eigenvalue weighted by atomic mass is 16.6. The minimum Gasteiger partial charge on any atom is -0.491 e. The van der Waals surface area contributed by atoms with Gasteiger partial charge in [-0.1, -0.05) is 32.9 Å². The van der Waals surface area contributed by atoms with Gasteiger partial charge in [0, 0.05) is 0 Å². The Morgan fingerprint density at radius 3 is 2.25 bits per heavy atom. The Bertz CT molecular complexity index is 355. The van der Waals surface area contributed by atoms with Crippen molar-refractivity contribution in [2.24, 2.45) is 0 Å². The van der Waals surface area contributed by atoms with Crippen molar-refractivity contribution in [3.8, 4) is 5.75 Å². The fourth-order valence-corrected chi connectivity index (χ4v) is 1.49. The zero-order valence-electron chi connectivity index (χ0n) is 10.5. The zero-order chi connectivity index (χ0) is 11.8. The van der Waals surface area contributed by atoms with Crippen molar-refractivity contribution in [2.75, 3.05) is 13.2 Å². The van der Waals surface area contributed by atoms with Crippen molar-refractivity contribution in [1.82, 2.24) is 0 Å². The van der Waals surface area contributed by atoms with Gasteiger partial charge in [0.25, 0.3) is 0 Å². The maximum Gasteiger partial charge on any atom is 0.123 e. The fourth-order valence-electron chi connectivity index (χ4n) is 1.49. The summed E-state index contributed by atoms with van der Waals surface area (Å²) in [5, 5.41) is 0. The molecular formula is C14H20O2. The second kappa shape index (κ2) is 3.77. The van der Waals surface area contributed by atoms with E-state index < -0.39 is 0 Å². The third-order valence-electron chi connectivity index (χ3n) is 2.90. The van der Waals surface area contributed by atoms with E-state index in [9.17, 15) is 0 Å². The van der Waals surface area contributed by atoms with Crippen LogP contribution in [0.3, 0.4) is 0 Å². The third kappa shape index (κ3) is 2.76. The standard InChI is InChI=1S/C14H20O2/c1-13(2,3)11-5-7-12(8-6-11)15-9-14(4)10-16-14/h5-8H,9-10H2,1-4H3/t14-/m0/s1. The molecule has 2 heteroatoms. The summed E-state index contributed by atoms with van der Waals surface area (Å²) < 4.78 is 10.9. The molecule has 0 aromatic heterocycles. The SMILES string of the molecule is CC(C)(C)c1ccc(OC[C@@]2(C)CO2)cc1. The average Bonchev–Trinajstić information content (AvgIpc) is 2.94. The first-order chi connectivity index (χ1) is 7.39. The normalized spacial score (nSPS) is 24.2. The van der Waals surface area contributed by atoms with Gasteiger partial charge >= 0.3 is 0 Å². The lowest BCUT2D eigenvalue weighted by molar-refractivity contribution is 0.202. The molecule has 0 saturated carbocycles. The van der Waals surface area contributed by atoms with Crippen LogP contribution in [0.15, 0.2) is 24.3 Å². The molecule has 16 heavy (non-hydrogen) atoms. The van der Waals surface area contributed by atoms with Crippen LogP contribution < -0.4 is 4.74 Å². The van der Waals surface area contributed by atoms with E-state index in [0.29, 0.717) is 6.61 Å². The van der Waals surface area contributed by atoms with Gasteiger partial charge in [-0.25, -0.2) is 0 Å². The Morgan fingerprint density at radius 2 is 1.81 bits per heavy atom. The number of benzene rings is 1. The van der Waals surface area contributed by atoms with Crippen LogP contribution in [0, 0.1) is 0 Å². The first-order valence-electron chi connectivity index (χ1n) is 5.76. The predicted molar refractivity (Wildman–Crippen MR) is 65.0 cm³/mol. The molecule has 1 aromatic carbocycles. The molecule has 1 aromatic rings. The Morgan fingerprint density at radius 1 is 1.25 bits per heavy atom. The van der Waals surface area contributed by atoms with E-state index in [2.05, 4.69) is 39.8 Å². The summed E-state index contributed by atoms with van der Waals surface area (Å²) in [5.41, 5.74) is 1.49. The van der Waals surface area contributed by atoms with Gasteiger partial charge in [0.1, 0.15) is 18.0 Å². The lowest BCUT2D eigenvalue weighted by Crippen LogP contribution is -2.17. The van der Waals surface area contributed by atoms with E-state index in [0.717, 1.165) is 12.4 Å². The summed E-state index contributed by atoms with van der Waals surface area (Å²) in [6, 6.07) is 8.33. The molecule has 1 saturated heterocycles. The van der Waals surface area contributed by atoms with Crippen LogP contribution in [0.2, 0.25) is 0 Å². The molecule has 2 rings (SSSR count). The molecule has 1 atom stereocenters. The van der Waals surface area contributed by atoms with Crippen LogP contribution in [0.25, 0.3) is 0 Å². The average molecular weight is 220 g/mol. The summed E-state index contributed by atoms with van der Waals surface area (Å²) in [6.45, 7) is 10.2. The van der Waals surface area contributed by atoms with Gasteiger partial charge in [0.05, 0.1) is 6.61 Å². The van der Waals surface area contributed by atoms with E-state index in [1.54, 1.807) is 0 Å². The molecule has 0 amide bonds. The molecule has 0 N–H and O–H groups in total. The molecule has 0 radical (unpaired) electrons. The van der Waals surface area contributed by atoms with E-state index in [-0.39, 0.29) is 11.0 Å². The number of hydrogen-bond acceptors (Lipinski definition) is 2. The predicted octanol–water partition coefficient (Wildman–Crippen LogP) is 3.15. The minimum absolute atomic E-state index is 0.0390. The van der Waals surface area contributed by atoms with Crippen molar-refractivity contribution in [3.63, 3.8) is 0 Å². The molecule has 1 fully saturated rings. The number of rotatable bonds is 3. The quantitative estimate of drug-likeness (QED) is 0.730. The monoisotopic (exact) mass is 220 g/mol. The summed E-state index contributed by atoms with van der Waals surface area (Å²) in [7, 11) is 0. The van der Waals surface area contributed by atoms with Crippen LogP contribution in [0.1, 0.15) is 33.3 Å². The lowest BCUT2D eigenvalue weighted by Gasteiger charge is -2.19. The van der Waals surface area contributed by atoms with Crippen molar-refractivity contribution in [2.45, 2.75) is 38.7 Å². The lowest BCUT2D eigenvalue weighted by atomic mass is 9.87. The van der Waals surface area contributed by atoms with Crippen molar-refractivity contribution in [3.05, 3.63) is 29.8 Å². The zero-order valence-corrected chi connectivity index (χ0v) is 10.5. The highest BCUT2D eigenvalue weighted by Crippen LogP contribution is 2.28. The molecular weight excluding hydrogens is 200 g/mol. The van der Waals surface area contributed by atoms with Gasteiger partial charge in [-0.15, -0.1) is 0 Å². The van der Waals surface area contributed by atoms with Gasteiger partial charge in [-0.05, 0) is 30.0 Å². The van der Waals surface area contributed by atoms with Gasteiger partial charge in [-0.3, -0.25) is 0 Å². The first kappa shape index (κ1) is 11.5. The topological polar surface area (TPSA) is 21.8 Å². The van der Waals surface area contributed by atoms with Crippen LogP contribution in [-0.4, -0.2) is 18.8 Å². The van der Waals surface area contributed by atoms with Crippen molar-refractivity contribution < 1.29 is 9.47 Å². The maximum atomic E-state index is 5.68. The Kier molecular flexibility index (Phi) is 2.70. The van der Waals surface area contributed by atoms with Gasteiger partial charge < -0.3 is 9.47 Å². The number of ether oxygens (including phenoxy) is 2. The molecule has 1 heterocycles. The molecule has 1 aliphatic heterocycles. The summed E-state index contributed by atoms with van der Waals surface area (Å²) in [4.78, 5) is 0. The Balaban J connectivity index is 1.96. The molecule has 0 unspecified atom stereocenters. The van der Waals surface area contributed by atoms with Crippen molar-refractivity contribution >= 4 is 0 Å². The van der Waals surface area contributed by atoms with Gasteiger partial charge in [0.15, 0.2) is 0 Å². The van der Waals surface area contributed by atoms with Gasteiger partial charge in [-0.2, -0.15) is 0 Å². The Labute approximate surface area is 97.6 Å². The van der Waals surface area contributed by atoms with Crippen LogP contribution in [-0.2, 0) is 10.2 Å². The maximum absolute atomic E-state index is 5.68. The summed E-state index contributed by atoms with van der Waals surface area (Å²) in [6.07, 6.45) is 0.